The summed E-state index contributed by atoms with van der Waals surface area (Å²) in [6.45, 7) is 16.7. The van der Waals surface area contributed by atoms with Crippen LogP contribution in [0.2, 0.25) is 0 Å². The molecule has 2 aliphatic rings. The van der Waals surface area contributed by atoms with Gasteiger partial charge in [0, 0.05) is 30.4 Å². The van der Waals surface area contributed by atoms with Crippen LogP contribution in [0.25, 0.3) is 0 Å². The number of ether oxygens (including phenoxy) is 8. The lowest BCUT2D eigenvalue weighted by Crippen LogP contribution is -2.41. The van der Waals surface area contributed by atoms with Crippen molar-refractivity contribution >= 4 is 23.9 Å². The first-order chi connectivity index (χ1) is 20.4. The summed E-state index contributed by atoms with van der Waals surface area (Å²) in [6, 6.07) is 0. The van der Waals surface area contributed by atoms with E-state index in [1.165, 1.54) is 0 Å². The summed E-state index contributed by atoms with van der Waals surface area (Å²) in [7, 11) is 0. The van der Waals surface area contributed by atoms with Crippen LogP contribution in [0.3, 0.4) is 0 Å². The Morgan fingerprint density at radius 1 is 0.727 bits per heavy atom. The van der Waals surface area contributed by atoms with E-state index >= 15 is 0 Å². The van der Waals surface area contributed by atoms with Gasteiger partial charge in [-0.2, -0.15) is 0 Å². The van der Waals surface area contributed by atoms with Gasteiger partial charge < -0.3 is 37.9 Å². The molecule has 0 N–H and O–H groups in total. The Balaban J connectivity index is 1.54. The predicted octanol–water partition coefficient (Wildman–Crippen LogP) is 4.41. The van der Waals surface area contributed by atoms with E-state index in [1.54, 1.807) is 6.92 Å². The van der Waals surface area contributed by atoms with E-state index in [-0.39, 0.29) is 62.0 Å². The first-order valence-electron chi connectivity index (χ1n) is 15.4. The fourth-order valence-corrected chi connectivity index (χ4v) is 4.13. The Hall–Kier alpha value is -2.54. The number of esters is 4. The summed E-state index contributed by atoms with van der Waals surface area (Å²) in [4.78, 5) is 47.9. The van der Waals surface area contributed by atoms with Gasteiger partial charge in [-0.05, 0) is 38.5 Å². The standard InChI is InChI=1S/C32H52O12/c1-29(2,3)15-13-27(35)37-17-9-10-18-38-28(36)14-16-31(7)41-21-23(43-31)19-39-25(33)11-12-26(34)40-20-24-22-42-32(8,44-24)30(4,5)6/h11-12,23-24H,9-10,13-22H2,1-8H3. The molecule has 0 amide bonds. The van der Waals surface area contributed by atoms with E-state index in [2.05, 4.69) is 20.8 Å². The molecule has 12 heteroatoms. The molecule has 2 heterocycles. The molecule has 2 aliphatic heterocycles. The van der Waals surface area contributed by atoms with Gasteiger partial charge in [0.1, 0.15) is 25.4 Å². The van der Waals surface area contributed by atoms with Gasteiger partial charge in [0.15, 0.2) is 11.6 Å². The maximum absolute atomic E-state index is 12.1. The van der Waals surface area contributed by atoms with Crippen LogP contribution in [0, 0.1) is 10.8 Å². The highest BCUT2D eigenvalue weighted by Gasteiger charge is 2.46. The molecular formula is C32H52O12. The normalized spacial score (nSPS) is 25.6. The highest BCUT2D eigenvalue weighted by molar-refractivity contribution is 5.91. The molecule has 4 atom stereocenters. The highest BCUT2D eigenvalue weighted by Crippen LogP contribution is 2.39. The second kappa shape index (κ2) is 16.7. The molecule has 2 rings (SSSR count). The minimum atomic E-state index is -1.02. The van der Waals surface area contributed by atoms with Crippen LogP contribution in [0.4, 0.5) is 0 Å². The lowest BCUT2D eigenvalue weighted by Gasteiger charge is -2.36. The lowest BCUT2D eigenvalue weighted by atomic mass is 9.87. The van der Waals surface area contributed by atoms with Crippen LogP contribution in [0.1, 0.15) is 93.9 Å². The average Bonchev–Trinajstić information content (AvgIpc) is 3.52. The fraction of sp³-hybridized carbons (Fsp3) is 0.812. The zero-order valence-corrected chi connectivity index (χ0v) is 27.7. The molecule has 252 valence electrons. The quantitative estimate of drug-likeness (QED) is 0.103. The molecule has 12 nitrogen and oxygen atoms in total. The van der Waals surface area contributed by atoms with Crippen molar-refractivity contribution in [1.82, 2.24) is 0 Å². The Morgan fingerprint density at radius 2 is 1.23 bits per heavy atom. The largest absolute Gasteiger partial charge is 0.466 e. The third kappa shape index (κ3) is 14.0. The predicted molar refractivity (Wildman–Crippen MR) is 158 cm³/mol. The van der Waals surface area contributed by atoms with Gasteiger partial charge >= 0.3 is 23.9 Å². The van der Waals surface area contributed by atoms with Gasteiger partial charge in [0.25, 0.3) is 0 Å². The zero-order chi connectivity index (χ0) is 33.0. The molecular weight excluding hydrogens is 576 g/mol. The summed E-state index contributed by atoms with van der Waals surface area (Å²) >= 11 is 0. The molecule has 0 aromatic heterocycles. The molecule has 0 spiro atoms. The van der Waals surface area contributed by atoms with Crippen LogP contribution in [-0.2, 0) is 57.1 Å². The molecule has 44 heavy (non-hydrogen) atoms. The Bertz CT molecular complexity index is 994. The molecule has 0 saturated carbocycles. The molecule has 0 aromatic rings. The van der Waals surface area contributed by atoms with Crippen molar-refractivity contribution in [3.8, 4) is 0 Å². The zero-order valence-electron chi connectivity index (χ0n) is 27.7. The first kappa shape index (κ1) is 37.6. The minimum absolute atomic E-state index is 0.00158. The number of carbonyl (C=O) groups is 4. The summed E-state index contributed by atoms with van der Waals surface area (Å²) in [5.74, 6) is -3.83. The molecule has 0 aliphatic carbocycles. The van der Waals surface area contributed by atoms with Crippen molar-refractivity contribution < 1.29 is 57.1 Å². The molecule has 0 radical (unpaired) electrons. The summed E-state index contributed by atoms with van der Waals surface area (Å²) in [6.07, 6.45) is 3.75. The van der Waals surface area contributed by atoms with Crippen molar-refractivity contribution in [2.45, 2.75) is 118 Å². The molecule has 2 saturated heterocycles. The molecule has 2 fully saturated rings. The van der Waals surface area contributed by atoms with Gasteiger partial charge in [-0.25, -0.2) is 9.59 Å². The number of rotatable bonds is 16. The SMILES string of the molecule is CC(C)(C)CCC(=O)OCCCCOC(=O)CCC1(C)OCC(COC(=O)C=CC(=O)OCC2COC(C)(C(C)(C)C)O2)O1. The van der Waals surface area contributed by atoms with E-state index in [1.807, 2.05) is 27.7 Å². The summed E-state index contributed by atoms with van der Waals surface area (Å²) in [5.41, 5.74) is -0.166. The Morgan fingerprint density at radius 3 is 1.73 bits per heavy atom. The second-order valence-electron chi connectivity index (χ2n) is 13.7. The van der Waals surface area contributed by atoms with Gasteiger partial charge in [0.05, 0.1) is 32.8 Å². The van der Waals surface area contributed by atoms with Crippen LogP contribution in [0.15, 0.2) is 12.2 Å². The second-order valence-corrected chi connectivity index (χ2v) is 13.7. The number of carbonyl (C=O) groups excluding carboxylic acids is 4. The topological polar surface area (TPSA) is 142 Å². The van der Waals surface area contributed by atoms with Crippen molar-refractivity contribution in [3.63, 3.8) is 0 Å². The molecule has 4 unspecified atom stereocenters. The van der Waals surface area contributed by atoms with Crippen molar-refractivity contribution in [1.29, 1.82) is 0 Å². The maximum atomic E-state index is 12.1. The average molecular weight is 629 g/mol. The van der Waals surface area contributed by atoms with Gasteiger partial charge in [-0.3, -0.25) is 9.59 Å². The summed E-state index contributed by atoms with van der Waals surface area (Å²) in [5, 5.41) is 0. The molecule has 0 bridgehead atoms. The van der Waals surface area contributed by atoms with E-state index in [4.69, 9.17) is 37.9 Å². The minimum Gasteiger partial charge on any atom is -0.466 e. The Labute approximate surface area is 261 Å². The van der Waals surface area contributed by atoms with Crippen molar-refractivity contribution in [3.05, 3.63) is 12.2 Å². The van der Waals surface area contributed by atoms with E-state index in [9.17, 15) is 19.2 Å². The maximum Gasteiger partial charge on any atom is 0.331 e. The van der Waals surface area contributed by atoms with Gasteiger partial charge in [0.2, 0.25) is 0 Å². The van der Waals surface area contributed by atoms with E-state index < -0.39 is 35.7 Å². The van der Waals surface area contributed by atoms with Crippen molar-refractivity contribution in [2.75, 3.05) is 39.6 Å². The van der Waals surface area contributed by atoms with E-state index in [0.717, 1.165) is 18.6 Å². The lowest BCUT2D eigenvalue weighted by molar-refractivity contribution is -0.220. The molecule has 0 aromatic carbocycles. The smallest absolute Gasteiger partial charge is 0.331 e. The monoisotopic (exact) mass is 628 g/mol. The highest BCUT2D eigenvalue weighted by atomic mass is 16.8. The first-order valence-corrected chi connectivity index (χ1v) is 15.4. The van der Waals surface area contributed by atoms with E-state index in [0.29, 0.717) is 32.5 Å². The Kier molecular flexibility index (Phi) is 14.3. The van der Waals surface area contributed by atoms with Crippen LogP contribution in [-0.4, -0.2) is 87.3 Å². The van der Waals surface area contributed by atoms with Gasteiger partial charge in [-0.1, -0.05) is 41.5 Å². The number of unbranched alkanes of at least 4 members (excludes halogenated alkanes) is 1. The van der Waals surface area contributed by atoms with Crippen LogP contribution < -0.4 is 0 Å². The third-order valence-corrected chi connectivity index (χ3v) is 7.39. The number of hydrogen-bond donors (Lipinski definition) is 0. The van der Waals surface area contributed by atoms with Crippen molar-refractivity contribution in [2.24, 2.45) is 10.8 Å². The summed E-state index contributed by atoms with van der Waals surface area (Å²) < 4.78 is 44.0. The third-order valence-electron chi connectivity index (χ3n) is 7.39. The van der Waals surface area contributed by atoms with Gasteiger partial charge in [-0.15, -0.1) is 0 Å². The van der Waals surface area contributed by atoms with Crippen LogP contribution in [0.5, 0.6) is 0 Å². The number of hydrogen-bond acceptors (Lipinski definition) is 12. The van der Waals surface area contributed by atoms with Crippen LogP contribution >= 0.6 is 0 Å². The fourth-order valence-electron chi connectivity index (χ4n) is 4.13.